The molecule has 0 unspecified atom stereocenters. The van der Waals surface area contributed by atoms with Crippen molar-refractivity contribution in [3.63, 3.8) is 0 Å². The van der Waals surface area contributed by atoms with Crippen LogP contribution in [0.2, 0.25) is 0 Å². The number of nitrogens with zero attached hydrogens (tertiary/aromatic N) is 2. The van der Waals surface area contributed by atoms with Crippen LogP contribution in [-0.4, -0.2) is 21.5 Å². The van der Waals surface area contributed by atoms with Crippen molar-refractivity contribution >= 4 is 16.9 Å². The zero-order valence-corrected chi connectivity index (χ0v) is 12.0. The molecule has 0 aliphatic rings. The highest BCUT2D eigenvalue weighted by atomic mass is 16.3. The number of nitrogens with two attached hydrogens (primary N) is 1. The van der Waals surface area contributed by atoms with Crippen LogP contribution in [0.1, 0.15) is 23.7 Å². The normalized spacial score (nSPS) is 11.1. The number of aromatic nitrogens is 3. The van der Waals surface area contributed by atoms with Crippen LogP contribution in [0.25, 0.3) is 11.0 Å². The molecule has 0 atom stereocenters. The van der Waals surface area contributed by atoms with E-state index in [1.807, 2.05) is 19.1 Å². The molecule has 6 nitrogen and oxygen atoms in total. The Bertz CT molecular complexity index is 717. The Balaban J connectivity index is 1.87. The predicted molar refractivity (Wildman–Crippen MR) is 82.0 cm³/mol. The van der Waals surface area contributed by atoms with E-state index in [0.717, 1.165) is 47.0 Å². The summed E-state index contributed by atoms with van der Waals surface area (Å²) in [5, 5.41) is 4.31. The first-order chi connectivity index (χ1) is 10.3. The lowest BCUT2D eigenvalue weighted by molar-refractivity contribution is 0.518. The largest absolute Gasteiger partial charge is 0.467 e. The predicted octanol–water partition coefficient (Wildman–Crippen LogP) is 2.36. The minimum atomic E-state index is 0.599. The van der Waals surface area contributed by atoms with Crippen LogP contribution in [-0.2, 0) is 13.0 Å². The number of aryl methyl sites for hydroxylation is 2. The van der Waals surface area contributed by atoms with Crippen molar-refractivity contribution in [3.05, 3.63) is 41.7 Å². The summed E-state index contributed by atoms with van der Waals surface area (Å²) in [5.41, 5.74) is 7.56. The molecule has 21 heavy (non-hydrogen) atoms. The van der Waals surface area contributed by atoms with Gasteiger partial charge in [0.05, 0.1) is 18.2 Å². The maximum absolute atomic E-state index is 5.56. The smallest absolute Gasteiger partial charge is 0.143 e. The molecule has 110 valence electrons. The fourth-order valence-corrected chi connectivity index (χ4v) is 2.32. The highest BCUT2D eigenvalue weighted by Gasteiger charge is 2.10. The number of aromatic amines is 1. The van der Waals surface area contributed by atoms with Crippen molar-refractivity contribution in [1.82, 2.24) is 15.0 Å². The van der Waals surface area contributed by atoms with Gasteiger partial charge in [-0.2, -0.15) is 0 Å². The Morgan fingerprint density at radius 3 is 3.05 bits per heavy atom. The van der Waals surface area contributed by atoms with Gasteiger partial charge in [-0.25, -0.2) is 9.97 Å². The molecule has 0 aliphatic carbocycles. The third-order valence-electron chi connectivity index (χ3n) is 3.32. The second kappa shape index (κ2) is 5.97. The van der Waals surface area contributed by atoms with Gasteiger partial charge in [0.25, 0.3) is 0 Å². The van der Waals surface area contributed by atoms with E-state index in [1.54, 1.807) is 6.26 Å². The summed E-state index contributed by atoms with van der Waals surface area (Å²) in [6.45, 7) is 3.17. The van der Waals surface area contributed by atoms with Gasteiger partial charge >= 0.3 is 0 Å². The van der Waals surface area contributed by atoms with Crippen LogP contribution in [0.4, 0.5) is 5.82 Å². The first-order valence-electron chi connectivity index (χ1n) is 7.09. The molecule has 0 aromatic carbocycles. The monoisotopic (exact) mass is 285 g/mol. The maximum atomic E-state index is 5.56. The van der Waals surface area contributed by atoms with Gasteiger partial charge in [-0.05, 0) is 44.5 Å². The van der Waals surface area contributed by atoms with E-state index in [-0.39, 0.29) is 0 Å². The summed E-state index contributed by atoms with van der Waals surface area (Å²) in [7, 11) is 0. The molecule has 0 fully saturated rings. The first-order valence-corrected chi connectivity index (χ1v) is 7.09. The molecule has 6 heteroatoms. The van der Waals surface area contributed by atoms with Gasteiger partial charge in [-0.3, -0.25) is 0 Å². The Labute approximate surface area is 122 Å². The summed E-state index contributed by atoms with van der Waals surface area (Å²) >= 11 is 0. The van der Waals surface area contributed by atoms with Crippen LogP contribution in [0.3, 0.4) is 0 Å². The molecule has 3 aromatic heterocycles. The maximum Gasteiger partial charge on any atom is 0.143 e. The number of hydrogen-bond acceptors (Lipinski definition) is 5. The molecule has 0 spiro atoms. The summed E-state index contributed by atoms with van der Waals surface area (Å²) < 4.78 is 5.33. The van der Waals surface area contributed by atoms with Crippen LogP contribution in [0.5, 0.6) is 0 Å². The first kappa shape index (κ1) is 13.6. The average Bonchev–Trinajstić information content (AvgIpc) is 3.11. The Hall–Kier alpha value is -2.34. The number of fused-ring (bicyclic) bond motifs is 1. The molecule has 0 radical (unpaired) electrons. The molecule has 3 rings (SSSR count). The van der Waals surface area contributed by atoms with Crippen LogP contribution < -0.4 is 11.1 Å². The number of nitrogens with one attached hydrogen (secondary N) is 2. The lowest BCUT2D eigenvalue weighted by Crippen LogP contribution is -2.02. The zero-order valence-electron chi connectivity index (χ0n) is 12.0. The molecule has 0 saturated carbocycles. The van der Waals surface area contributed by atoms with Crippen molar-refractivity contribution < 1.29 is 4.42 Å². The van der Waals surface area contributed by atoms with Gasteiger partial charge in [0.2, 0.25) is 0 Å². The molecule has 0 bridgehead atoms. The molecule has 3 heterocycles. The van der Waals surface area contributed by atoms with Gasteiger partial charge in [-0.1, -0.05) is 0 Å². The summed E-state index contributed by atoms with van der Waals surface area (Å²) in [6, 6.07) is 5.90. The number of hydrogen-bond donors (Lipinski definition) is 3. The van der Waals surface area contributed by atoms with Gasteiger partial charge in [0.1, 0.15) is 23.0 Å². The third-order valence-corrected chi connectivity index (χ3v) is 3.32. The van der Waals surface area contributed by atoms with Gasteiger partial charge < -0.3 is 20.5 Å². The highest BCUT2D eigenvalue weighted by molar-refractivity contribution is 5.87. The van der Waals surface area contributed by atoms with E-state index in [9.17, 15) is 0 Å². The van der Waals surface area contributed by atoms with Crippen LogP contribution in [0.15, 0.2) is 28.9 Å². The number of rotatable bonds is 6. The van der Waals surface area contributed by atoms with Crippen molar-refractivity contribution in [3.8, 4) is 0 Å². The van der Waals surface area contributed by atoms with Crippen molar-refractivity contribution in [2.75, 3.05) is 11.9 Å². The molecule has 3 aromatic rings. The SMILES string of the molecule is Cc1nc(NCc2ccco2)c2cc(CCCN)[nH]c2n1. The summed E-state index contributed by atoms with van der Waals surface area (Å²) in [5.74, 6) is 2.43. The topological polar surface area (TPSA) is 92.8 Å². The molecular formula is C15H19N5O. The summed E-state index contributed by atoms with van der Waals surface area (Å²) in [6.07, 6.45) is 3.54. The molecule has 0 saturated heterocycles. The van der Waals surface area contributed by atoms with Crippen molar-refractivity contribution in [2.24, 2.45) is 5.73 Å². The van der Waals surface area contributed by atoms with Crippen molar-refractivity contribution in [2.45, 2.75) is 26.3 Å². The fraction of sp³-hybridized carbons (Fsp3) is 0.333. The number of anilines is 1. The van der Waals surface area contributed by atoms with E-state index in [1.165, 1.54) is 0 Å². The molecular weight excluding hydrogens is 266 g/mol. The lowest BCUT2D eigenvalue weighted by Gasteiger charge is -2.05. The zero-order chi connectivity index (χ0) is 14.7. The number of H-pyrrole nitrogens is 1. The van der Waals surface area contributed by atoms with E-state index in [2.05, 4.69) is 26.3 Å². The van der Waals surface area contributed by atoms with Crippen LogP contribution >= 0.6 is 0 Å². The minimum Gasteiger partial charge on any atom is -0.467 e. The third kappa shape index (κ3) is 3.05. The van der Waals surface area contributed by atoms with Crippen LogP contribution in [0, 0.1) is 6.92 Å². The Morgan fingerprint density at radius 1 is 1.38 bits per heavy atom. The average molecular weight is 285 g/mol. The van der Waals surface area contributed by atoms with E-state index in [4.69, 9.17) is 10.2 Å². The molecule has 4 N–H and O–H groups in total. The highest BCUT2D eigenvalue weighted by Crippen LogP contribution is 2.22. The summed E-state index contributed by atoms with van der Waals surface area (Å²) in [4.78, 5) is 12.3. The molecule has 0 amide bonds. The lowest BCUT2D eigenvalue weighted by atomic mass is 10.2. The standard InChI is InChI=1S/C15H19N5O/c1-10-18-14(17-9-12-5-3-7-21-12)13-8-11(4-2-6-16)20-15(13)19-10/h3,5,7-8H,2,4,6,9,16H2,1H3,(H2,17,18,19,20). The van der Waals surface area contributed by atoms with Gasteiger partial charge in [-0.15, -0.1) is 0 Å². The second-order valence-corrected chi connectivity index (χ2v) is 5.00. The van der Waals surface area contributed by atoms with E-state index in [0.29, 0.717) is 13.1 Å². The Kier molecular flexibility index (Phi) is 3.87. The molecule has 0 aliphatic heterocycles. The fourth-order valence-electron chi connectivity index (χ4n) is 2.32. The minimum absolute atomic E-state index is 0.599. The Morgan fingerprint density at radius 2 is 2.29 bits per heavy atom. The number of furan rings is 1. The van der Waals surface area contributed by atoms with E-state index >= 15 is 0 Å². The van der Waals surface area contributed by atoms with E-state index < -0.39 is 0 Å². The van der Waals surface area contributed by atoms with Gasteiger partial charge in [0, 0.05) is 5.69 Å². The quantitative estimate of drug-likeness (QED) is 0.646. The van der Waals surface area contributed by atoms with Crippen molar-refractivity contribution in [1.29, 1.82) is 0 Å². The second-order valence-electron chi connectivity index (χ2n) is 5.00. The van der Waals surface area contributed by atoms with Gasteiger partial charge in [0.15, 0.2) is 0 Å².